The molecule has 1 N–H and O–H groups in total. The number of benzene rings is 2. The van der Waals surface area contributed by atoms with Crippen LogP contribution in [0.3, 0.4) is 0 Å². The van der Waals surface area contributed by atoms with Gasteiger partial charge in [-0.25, -0.2) is 0 Å². The van der Waals surface area contributed by atoms with E-state index in [2.05, 4.69) is 17.4 Å². The Bertz CT molecular complexity index is 535. The van der Waals surface area contributed by atoms with Crippen LogP contribution in [0.15, 0.2) is 60.7 Å². The Balaban J connectivity index is 1.93. The van der Waals surface area contributed by atoms with Crippen LogP contribution in [0.5, 0.6) is 0 Å². The van der Waals surface area contributed by atoms with E-state index in [4.69, 9.17) is 0 Å². The summed E-state index contributed by atoms with van der Waals surface area (Å²) in [4.78, 5) is 11.7. The summed E-state index contributed by atoms with van der Waals surface area (Å²) in [5, 5.41) is 2.97. The lowest BCUT2D eigenvalue weighted by Gasteiger charge is -2.11. The fraction of sp³-hybridized carbons (Fsp3) is 0.133. The Kier molecular flexibility index (Phi) is 2.22. The average molecular weight is 223 g/mol. The topological polar surface area (TPSA) is 39.0 Å². The van der Waals surface area contributed by atoms with E-state index in [1.54, 1.807) is 0 Å². The first-order valence-corrected chi connectivity index (χ1v) is 5.73. The fourth-order valence-electron chi connectivity index (χ4n) is 2.22. The van der Waals surface area contributed by atoms with Crippen LogP contribution in [0.25, 0.3) is 0 Å². The molecule has 1 amide bonds. The second-order valence-corrected chi connectivity index (χ2v) is 4.39. The van der Waals surface area contributed by atoms with Crippen LogP contribution in [-0.2, 0) is 16.8 Å². The lowest BCUT2D eigenvalue weighted by atomic mass is 9.91. The molecule has 17 heavy (non-hydrogen) atoms. The Labute approximate surface area is 100 Å². The predicted molar refractivity (Wildman–Crippen MR) is 66.4 cm³/mol. The van der Waals surface area contributed by atoms with Crippen LogP contribution >= 0.6 is 0 Å². The molecule has 0 saturated carbocycles. The molecule has 2 aromatic carbocycles. The number of amides is 1. The van der Waals surface area contributed by atoms with Gasteiger partial charge in [0.05, 0.1) is 0 Å². The van der Waals surface area contributed by atoms with Crippen molar-refractivity contribution in [1.29, 1.82) is 0 Å². The number of hydrogen-bond donors (Lipinski definition) is 1. The van der Waals surface area contributed by atoms with E-state index in [1.165, 1.54) is 5.56 Å². The van der Waals surface area contributed by atoms with Crippen molar-refractivity contribution in [3.05, 3.63) is 71.8 Å². The van der Waals surface area contributed by atoms with Crippen LogP contribution in [0.4, 0.5) is 0 Å². The molecule has 3 rings (SSSR count). The Morgan fingerprint density at radius 1 is 0.882 bits per heavy atom. The van der Waals surface area contributed by atoms with Gasteiger partial charge in [-0.15, -0.1) is 0 Å². The zero-order valence-corrected chi connectivity index (χ0v) is 9.39. The summed E-state index contributed by atoms with van der Waals surface area (Å²) in [7, 11) is 0. The standard InChI is InChI=1S/C15H13NO/c17-14-15(16-14,13-9-5-2-6-10-13)11-12-7-3-1-4-8-12/h1-10H,11H2,(H,16,17). The molecule has 1 aliphatic heterocycles. The Hall–Kier alpha value is -2.09. The number of carbonyl (C=O) groups excluding carboxylic acids is 1. The summed E-state index contributed by atoms with van der Waals surface area (Å²) in [5.74, 6) is 0.118. The summed E-state index contributed by atoms with van der Waals surface area (Å²) in [5.41, 5.74) is 1.74. The Morgan fingerprint density at radius 3 is 1.94 bits per heavy atom. The van der Waals surface area contributed by atoms with Gasteiger partial charge in [0.2, 0.25) is 0 Å². The van der Waals surface area contributed by atoms with Gasteiger partial charge in [-0.05, 0) is 11.1 Å². The van der Waals surface area contributed by atoms with E-state index in [1.807, 2.05) is 48.5 Å². The first-order valence-electron chi connectivity index (χ1n) is 5.73. The molecule has 1 saturated heterocycles. The van der Waals surface area contributed by atoms with Crippen molar-refractivity contribution < 1.29 is 4.79 Å². The highest BCUT2D eigenvalue weighted by Gasteiger charge is 2.54. The summed E-state index contributed by atoms with van der Waals surface area (Å²) in [6.45, 7) is 0. The summed E-state index contributed by atoms with van der Waals surface area (Å²) in [6.07, 6.45) is 0.719. The number of rotatable bonds is 3. The maximum absolute atomic E-state index is 11.7. The SMILES string of the molecule is O=C1NC1(Cc1ccccc1)c1ccccc1. The monoisotopic (exact) mass is 223 g/mol. The van der Waals surface area contributed by atoms with Gasteiger partial charge in [-0.2, -0.15) is 0 Å². The fourth-order valence-corrected chi connectivity index (χ4v) is 2.22. The van der Waals surface area contributed by atoms with E-state index in [9.17, 15) is 4.79 Å². The molecule has 0 aromatic heterocycles. The van der Waals surface area contributed by atoms with Crippen molar-refractivity contribution in [3.63, 3.8) is 0 Å². The minimum atomic E-state index is -0.484. The van der Waals surface area contributed by atoms with E-state index < -0.39 is 5.54 Å². The van der Waals surface area contributed by atoms with Gasteiger partial charge in [-0.3, -0.25) is 4.79 Å². The molecule has 2 heteroatoms. The molecule has 1 heterocycles. The number of hydrogen-bond acceptors (Lipinski definition) is 1. The molecular weight excluding hydrogens is 210 g/mol. The highest BCUT2D eigenvalue weighted by molar-refractivity contribution is 6.03. The molecule has 2 nitrogen and oxygen atoms in total. The van der Waals surface area contributed by atoms with Crippen molar-refractivity contribution in [3.8, 4) is 0 Å². The van der Waals surface area contributed by atoms with E-state index >= 15 is 0 Å². The van der Waals surface area contributed by atoms with Gasteiger partial charge in [0.25, 0.3) is 5.91 Å². The van der Waals surface area contributed by atoms with Crippen LogP contribution in [-0.4, -0.2) is 5.91 Å². The third kappa shape index (κ3) is 1.72. The molecule has 1 unspecified atom stereocenters. The molecule has 0 aliphatic carbocycles. The van der Waals surface area contributed by atoms with Crippen molar-refractivity contribution in [2.75, 3.05) is 0 Å². The normalized spacial score (nSPS) is 22.0. The summed E-state index contributed by atoms with van der Waals surface area (Å²) in [6, 6.07) is 20.0. The molecule has 2 aromatic rings. The molecule has 1 atom stereocenters. The van der Waals surface area contributed by atoms with Crippen molar-refractivity contribution >= 4 is 5.91 Å². The third-order valence-corrected chi connectivity index (χ3v) is 3.23. The van der Waals surface area contributed by atoms with Gasteiger partial charge in [0, 0.05) is 6.42 Å². The van der Waals surface area contributed by atoms with Crippen LogP contribution in [0.1, 0.15) is 11.1 Å². The first-order chi connectivity index (χ1) is 8.31. The number of carbonyl (C=O) groups is 1. The minimum Gasteiger partial charge on any atom is -0.335 e. The summed E-state index contributed by atoms with van der Waals surface area (Å²) < 4.78 is 0. The van der Waals surface area contributed by atoms with Crippen LogP contribution < -0.4 is 5.32 Å². The quantitative estimate of drug-likeness (QED) is 0.796. The van der Waals surface area contributed by atoms with Gasteiger partial charge < -0.3 is 5.32 Å². The molecule has 0 bridgehead atoms. The Morgan fingerprint density at radius 2 is 1.41 bits per heavy atom. The second kappa shape index (κ2) is 3.74. The smallest absolute Gasteiger partial charge is 0.251 e. The van der Waals surface area contributed by atoms with Crippen molar-refractivity contribution in [2.45, 2.75) is 12.0 Å². The molecule has 1 aliphatic rings. The van der Waals surface area contributed by atoms with Gasteiger partial charge in [-0.1, -0.05) is 60.7 Å². The zero-order valence-electron chi connectivity index (χ0n) is 9.39. The maximum Gasteiger partial charge on any atom is 0.251 e. The van der Waals surface area contributed by atoms with Crippen LogP contribution in [0, 0.1) is 0 Å². The second-order valence-electron chi connectivity index (χ2n) is 4.39. The number of nitrogens with one attached hydrogen (secondary N) is 1. The van der Waals surface area contributed by atoms with E-state index in [-0.39, 0.29) is 5.91 Å². The lowest BCUT2D eigenvalue weighted by Crippen LogP contribution is -2.17. The maximum atomic E-state index is 11.7. The van der Waals surface area contributed by atoms with Crippen molar-refractivity contribution in [1.82, 2.24) is 5.32 Å². The largest absolute Gasteiger partial charge is 0.335 e. The van der Waals surface area contributed by atoms with Gasteiger partial charge in [0.1, 0.15) is 5.54 Å². The van der Waals surface area contributed by atoms with Gasteiger partial charge >= 0.3 is 0 Å². The summed E-state index contributed by atoms with van der Waals surface area (Å²) >= 11 is 0. The van der Waals surface area contributed by atoms with E-state index in [0.717, 1.165) is 12.0 Å². The minimum absolute atomic E-state index is 0.118. The zero-order chi connectivity index (χ0) is 11.7. The van der Waals surface area contributed by atoms with E-state index in [0.29, 0.717) is 0 Å². The molecule has 0 spiro atoms. The predicted octanol–water partition coefficient (Wildman–Crippen LogP) is 2.25. The third-order valence-electron chi connectivity index (χ3n) is 3.23. The molecule has 1 fully saturated rings. The average Bonchev–Trinajstić information content (AvgIpc) is 3.03. The van der Waals surface area contributed by atoms with Crippen LogP contribution in [0.2, 0.25) is 0 Å². The lowest BCUT2D eigenvalue weighted by molar-refractivity contribution is -0.112. The highest BCUT2D eigenvalue weighted by Crippen LogP contribution is 2.35. The van der Waals surface area contributed by atoms with Gasteiger partial charge in [0.15, 0.2) is 0 Å². The van der Waals surface area contributed by atoms with Crippen molar-refractivity contribution in [2.24, 2.45) is 0 Å². The highest BCUT2D eigenvalue weighted by atomic mass is 16.2. The molecule has 0 radical (unpaired) electrons. The first kappa shape index (κ1) is 10.1. The molecular formula is C15H13NO. The molecule has 84 valence electrons.